The van der Waals surface area contributed by atoms with Gasteiger partial charge in [0.05, 0.1) is 6.61 Å². The maximum absolute atomic E-state index is 13.4. The number of nitrogens with two attached hydrogens (primary N) is 2. The van der Waals surface area contributed by atoms with E-state index in [1.807, 2.05) is 6.92 Å². The molecule has 0 aliphatic heterocycles. The maximum atomic E-state index is 13.4. The van der Waals surface area contributed by atoms with Gasteiger partial charge >= 0.3 is 0 Å². The largest absolute Gasteiger partial charge is 0.478 e. The molecule has 9 heteroatoms. The third-order valence-corrected chi connectivity index (χ3v) is 6.35. The SMILES string of the molecule is CCOC(=N)c1ccc(Oc2cc(Oc3ccc(C(N)=O)cc3)cc(C(=O)N(N)C3CCCCC3)c2)cc1. The van der Waals surface area contributed by atoms with Crippen LogP contribution in [0.2, 0.25) is 0 Å². The number of primary amides is 1. The minimum atomic E-state index is -0.534. The predicted octanol–water partition coefficient (Wildman–Crippen LogP) is 5.38. The first-order chi connectivity index (χ1) is 18.3. The van der Waals surface area contributed by atoms with Crippen molar-refractivity contribution in [2.75, 3.05) is 6.61 Å². The van der Waals surface area contributed by atoms with Crippen LogP contribution >= 0.6 is 0 Å². The van der Waals surface area contributed by atoms with E-state index in [1.54, 1.807) is 66.7 Å². The van der Waals surface area contributed by atoms with Crippen molar-refractivity contribution in [1.29, 1.82) is 5.41 Å². The molecule has 1 aliphatic carbocycles. The van der Waals surface area contributed by atoms with Gasteiger partial charge in [0.25, 0.3) is 5.91 Å². The van der Waals surface area contributed by atoms with Crippen LogP contribution in [0.1, 0.15) is 65.3 Å². The third-order valence-electron chi connectivity index (χ3n) is 6.35. The fourth-order valence-corrected chi connectivity index (χ4v) is 4.35. The highest BCUT2D eigenvalue weighted by molar-refractivity contribution is 5.95. The Labute approximate surface area is 221 Å². The topological polar surface area (TPSA) is 141 Å². The van der Waals surface area contributed by atoms with Gasteiger partial charge in [-0.15, -0.1) is 0 Å². The molecule has 1 aliphatic rings. The van der Waals surface area contributed by atoms with Gasteiger partial charge < -0.3 is 19.9 Å². The Morgan fingerprint density at radius 3 is 1.84 bits per heavy atom. The van der Waals surface area contributed by atoms with Gasteiger partial charge in [0.1, 0.15) is 23.0 Å². The first-order valence-corrected chi connectivity index (χ1v) is 12.6. The zero-order valence-electron chi connectivity index (χ0n) is 21.3. The number of rotatable bonds is 9. The second kappa shape index (κ2) is 12.2. The Morgan fingerprint density at radius 2 is 1.34 bits per heavy atom. The maximum Gasteiger partial charge on any atom is 0.268 e. The average molecular weight is 517 g/mol. The van der Waals surface area contributed by atoms with Crippen molar-refractivity contribution < 1.29 is 23.8 Å². The summed E-state index contributed by atoms with van der Waals surface area (Å²) in [6.45, 7) is 2.23. The molecule has 0 spiro atoms. The van der Waals surface area contributed by atoms with Crippen LogP contribution in [0.15, 0.2) is 66.7 Å². The lowest BCUT2D eigenvalue weighted by Gasteiger charge is -2.30. The molecule has 9 nitrogen and oxygen atoms in total. The fourth-order valence-electron chi connectivity index (χ4n) is 4.35. The summed E-state index contributed by atoms with van der Waals surface area (Å²) in [5, 5.41) is 9.25. The van der Waals surface area contributed by atoms with E-state index < -0.39 is 5.91 Å². The Bertz CT molecular complexity index is 1290. The van der Waals surface area contributed by atoms with Gasteiger partial charge in [0.2, 0.25) is 11.8 Å². The van der Waals surface area contributed by atoms with Gasteiger partial charge in [0.15, 0.2) is 0 Å². The number of hydrogen-bond donors (Lipinski definition) is 3. The van der Waals surface area contributed by atoms with Crippen LogP contribution < -0.4 is 21.1 Å². The van der Waals surface area contributed by atoms with Crippen LogP contribution in [0.25, 0.3) is 0 Å². The van der Waals surface area contributed by atoms with Gasteiger partial charge in [-0.2, -0.15) is 0 Å². The van der Waals surface area contributed by atoms with Gasteiger partial charge in [-0.25, -0.2) is 5.84 Å². The van der Waals surface area contributed by atoms with E-state index in [4.69, 9.17) is 31.2 Å². The minimum absolute atomic E-state index is 0.0141. The number of ether oxygens (including phenoxy) is 3. The molecule has 0 radical (unpaired) electrons. The van der Waals surface area contributed by atoms with Crippen molar-refractivity contribution in [3.05, 3.63) is 83.4 Å². The summed E-state index contributed by atoms with van der Waals surface area (Å²) in [6, 6.07) is 18.2. The van der Waals surface area contributed by atoms with Crippen molar-refractivity contribution in [2.45, 2.75) is 45.1 Å². The molecule has 0 aromatic heterocycles. The number of nitrogens with one attached hydrogen (secondary N) is 1. The Kier molecular flexibility index (Phi) is 8.60. The van der Waals surface area contributed by atoms with E-state index in [0.717, 1.165) is 32.1 Å². The third kappa shape index (κ3) is 6.68. The molecule has 3 aromatic carbocycles. The summed E-state index contributed by atoms with van der Waals surface area (Å²) in [4.78, 5) is 24.7. The lowest BCUT2D eigenvalue weighted by atomic mass is 9.94. The van der Waals surface area contributed by atoms with Crippen molar-refractivity contribution in [3.8, 4) is 23.0 Å². The molecule has 38 heavy (non-hydrogen) atoms. The van der Waals surface area contributed by atoms with Crippen LogP contribution in [-0.4, -0.2) is 35.4 Å². The lowest BCUT2D eigenvalue weighted by molar-refractivity contribution is 0.0633. The van der Waals surface area contributed by atoms with Crippen LogP contribution in [0.3, 0.4) is 0 Å². The molecule has 0 unspecified atom stereocenters. The molecular formula is C29H32N4O5. The van der Waals surface area contributed by atoms with Crippen molar-refractivity contribution >= 4 is 17.7 Å². The first-order valence-electron chi connectivity index (χ1n) is 12.6. The second-order valence-electron chi connectivity index (χ2n) is 9.08. The molecule has 1 fully saturated rings. The summed E-state index contributed by atoms with van der Waals surface area (Å²) < 4.78 is 17.3. The van der Waals surface area contributed by atoms with Gasteiger partial charge in [-0.05, 0) is 80.4 Å². The molecule has 198 valence electrons. The number of hydrazine groups is 1. The molecular weight excluding hydrogens is 484 g/mol. The highest BCUT2D eigenvalue weighted by atomic mass is 16.5. The van der Waals surface area contributed by atoms with Crippen LogP contribution in [0.5, 0.6) is 23.0 Å². The van der Waals surface area contributed by atoms with E-state index >= 15 is 0 Å². The van der Waals surface area contributed by atoms with Gasteiger partial charge in [-0.3, -0.25) is 20.0 Å². The average Bonchev–Trinajstić information content (AvgIpc) is 2.93. The van der Waals surface area contributed by atoms with Crippen molar-refractivity contribution in [3.63, 3.8) is 0 Å². The highest BCUT2D eigenvalue weighted by Gasteiger charge is 2.25. The zero-order valence-corrected chi connectivity index (χ0v) is 21.3. The molecule has 0 bridgehead atoms. The molecule has 0 saturated heterocycles. The second-order valence-corrected chi connectivity index (χ2v) is 9.08. The first kappa shape index (κ1) is 26.7. The quantitative estimate of drug-likeness (QED) is 0.115. The highest BCUT2D eigenvalue weighted by Crippen LogP contribution is 2.32. The smallest absolute Gasteiger partial charge is 0.268 e. The number of carbonyl (C=O) groups excluding carboxylic acids is 2. The fraction of sp³-hybridized carbons (Fsp3) is 0.276. The summed E-state index contributed by atoms with van der Waals surface area (Å²) in [7, 11) is 0. The lowest BCUT2D eigenvalue weighted by Crippen LogP contribution is -2.46. The molecule has 1 saturated carbocycles. The Hall–Kier alpha value is -4.37. The van der Waals surface area contributed by atoms with Gasteiger partial charge in [-0.1, -0.05) is 19.3 Å². The van der Waals surface area contributed by atoms with E-state index in [0.29, 0.717) is 46.3 Å². The van der Waals surface area contributed by atoms with E-state index in [2.05, 4.69) is 0 Å². The monoisotopic (exact) mass is 516 g/mol. The molecule has 3 aromatic rings. The molecule has 5 N–H and O–H groups in total. The summed E-state index contributed by atoms with van der Waals surface area (Å²) in [5.41, 5.74) is 6.63. The number of nitrogens with zero attached hydrogens (tertiary/aromatic N) is 1. The van der Waals surface area contributed by atoms with Crippen LogP contribution in [0, 0.1) is 5.41 Å². The van der Waals surface area contributed by atoms with E-state index in [-0.39, 0.29) is 17.8 Å². The predicted molar refractivity (Wildman–Crippen MR) is 144 cm³/mol. The number of benzene rings is 3. The summed E-state index contributed by atoms with van der Waals surface area (Å²) >= 11 is 0. The van der Waals surface area contributed by atoms with Crippen LogP contribution in [-0.2, 0) is 4.74 Å². The van der Waals surface area contributed by atoms with Crippen LogP contribution in [0.4, 0.5) is 0 Å². The van der Waals surface area contributed by atoms with Crippen molar-refractivity contribution in [2.24, 2.45) is 11.6 Å². The van der Waals surface area contributed by atoms with E-state index in [1.165, 1.54) is 5.01 Å². The van der Waals surface area contributed by atoms with Crippen molar-refractivity contribution in [1.82, 2.24) is 5.01 Å². The Morgan fingerprint density at radius 1 is 0.816 bits per heavy atom. The molecule has 2 amide bonds. The summed E-state index contributed by atoms with van der Waals surface area (Å²) in [5.74, 6) is 7.21. The summed E-state index contributed by atoms with van der Waals surface area (Å²) in [6.07, 6.45) is 4.98. The number of hydrogen-bond acceptors (Lipinski definition) is 7. The number of amides is 2. The molecule has 0 heterocycles. The standard InChI is InChI=1S/C29H32N4O5/c1-2-36-28(31)20-10-14-24(15-11-20)38-26-17-21(29(35)33(32)22-6-4-3-5-7-22)16-25(18-26)37-23-12-8-19(9-13-23)27(30)34/h8-18,22,31H,2-7,32H2,1H3,(H2,30,34). The Balaban J connectivity index is 1.60. The minimum Gasteiger partial charge on any atom is -0.478 e. The van der Waals surface area contributed by atoms with E-state index in [9.17, 15) is 9.59 Å². The normalized spacial score (nSPS) is 13.4. The molecule has 0 atom stereocenters. The zero-order chi connectivity index (χ0) is 27.1. The number of carbonyl (C=O) groups is 2. The molecule has 4 rings (SSSR count). The van der Waals surface area contributed by atoms with Gasteiger partial charge in [0, 0.05) is 28.8 Å².